The van der Waals surface area contributed by atoms with E-state index in [4.69, 9.17) is 5.73 Å². The molecule has 1 aromatic rings. The molecule has 0 aromatic carbocycles. The van der Waals surface area contributed by atoms with Crippen molar-refractivity contribution in [3.05, 3.63) is 18.2 Å². The number of carbonyl (C=O) groups is 2. The molecule has 0 bridgehead atoms. The smallest absolute Gasteiger partial charge is 0.269 e. The summed E-state index contributed by atoms with van der Waals surface area (Å²) < 4.78 is 1.55. The highest BCUT2D eigenvalue weighted by Crippen LogP contribution is 1.94. The van der Waals surface area contributed by atoms with Gasteiger partial charge in [0.2, 0.25) is 5.91 Å². The van der Waals surface area contributed by atoms with Crippen molar-refractivity contribution in [3.63, 3.8) is 0 Å². The minimum absolute atomic E-state index is 0.163. The first-order valence-corrected chi connectivity index (χ1v) is 3.64. The summed E-state index contributed by atoms with van der Waals surface area (Å²) in [7, 11) is 1.69. The van der Waals surface area contributed by atoms with Crippen LogP contribution in [0, 0.1) is 0 Å². The fourth-order valence-electron chi connectivity index (χ4n) is 0.834. The van der Waals surface area contributed by atoms with Crippen LogP contribution in [0.3, 0.4) is 0 Å². The van der Waals surface area contributed by atoms with Gasteiger partial charge in [0.1, 0.15) is 5.69 Å². The zero-order valence-electron chi connectivity index (χ0n) is 7.15. The Morgan fingerprint density at radius 3 is 2.85 bits per heavy atom. The number of nitrogens with one attached hydrogen (secondary N) is 1. The Labute approximate surface area is 74.7 Å². The summed E-state index contributed by atoms with van der Waals surface area (Å²) in [4.78, 5) is 25.4. The fourth-order valence-corrected chi connectivity index (χ4v) is 0.834. The normalized spacial score (nSPS) is 9.62. The van der Waals surface area contributed by atoms with E-state index in [9.17, 15) is 9.59 Å². The third-order valence-corrected chi connectivity index (χ3v) is 1.47. The van der Waals surface area contributed by atoms with E-state index in [0.717, 1.165) is 0 Å². The van der Waals surface area contributed by atoms with Crippen LogP contribution < -0.4 is 11.1 Å². The number of amides is 2. The van der Waals surface area contributed by atoms with Gasteiger partial charge in [0, 0.05) is 7.05 Å². The van der Waals surface area contributed by atoms with Gasteiger partial charge in [-0.3, -0.25) is 9.59 Å². The lowest BCUT2D eigenvalue weighted by Crippen LogP contribution is -2.34. The number of hydrogen-bond donors (Lipinski definition) is 2. The van der Waals surface area contributed by atoms with Crippen molar-refractivity contribution in [2.75, 3.05) is 6.54 Å². The lowest BCUT2D eigenvalue weighted by Gasteiger charge is -2.01. The molecule has 2 amide bonds. The second kappa shape index (κ2) is 3.70. The summed E-state index contributed by atoms with van der Waals surface area (Å²) in [6, 6.07) is 0. The molecule has 1 rings (SSSR count). The first-order valence-electron chi connectivity index (χ1n) is 3.64. The van der Waals surface area contributed by atoms with Crippen LogP contribution in [0.4, 0.5) is 0 Å². The van der Waals surface area contributed by atoms with E-state index in [1.54, 1.807) is 11.6 Å². The molecule has 0 saturated heterocycles. The summed E-state index contributed by atoms with van der Waals surface area (Å²) >= 11 is 0. The van der Waals surface area contributed by atoms with Crippen molar-refractivity contribution in [2.45, 2.75) is 0 Å². The van der Waals surface area contributed by atoms with Crippen LogP contribution in [0.25, 0.3) is 0 Å². The summed E-state index contributed by atoms with van der Waals surface area (Å²) in [5.74, 6) is -0.936. The highest BCUT2D eigenvalue weighted by Gasteiger charge is 2.09. The Morgan fingerprint density at radius 2 is 2.38 bits per heavy atom. The number of imidazole rings is 1. The van der Waals surface area contributed by atoms with Crippen LogP contribution >= 0.6 is 0 Å². The summed E-state index contributed by atoms with van der Waals surface area (Å²) in [6.07, 6.45) is 2.91. The van der Waals surface area contributed by atoms with Crippen LogP contribution in [0.2, 0.25) is 0 Å². The Bertz CT molecular complexity index is 331. The maximum Gasteiger partial charge on any atom is 0.269 e. The minimum atomic E-state index is -0.574. The molecule has 0 unspecified atom stereocenters. The Kier molecular flexibility index (Phi) is 2.63. The molecule has 6 nitrogen and oxygen atoms in total. The largest absolute Gasteiger partial charge is 0.368 e. The SMILES string of the molecule is Cn1cncc1C(=O)NCC(N)=O. The van der Waals surface area contributed by atoms with Gasteiger partial charge in [-0.1, -0.05) is 0 Å². The third kappa shape index (κ3) is 2.29. The lowest BCUT2D eigenvalue weighted by molar-refractivity contribution is -0.117. The van der Waals surface area contributed by atoms with Gasteiger partial charge in [-0.25, -0.2) is 4.98 Å². The number of rotatable bonds is 3. The molecule has 0 aliphatic rings. The van der Waals surface area contributed by atoms with Crippen LogP contribution in [0.5, 0.6) is 0 Å². The highest BCUT2D eigenvalue weighted by molar-refractivity contribution is 5.94. The number of carbonyl (C=O) groups excluding carboxylic acids is 2. The first-order chi connectivity index (χ1) is 6.11. The molecule has 0 fully saturated rings. The zero-order chi connectivity index (χ0) is 9.84. The Balaban J connectivity index is 2.59. The molecule has 70 valence electrons. The standard InChI is InChI=1S/C7H10N4O2/c1-11-4-9-2-5(11)7(13)10-3-6(8)12/h2,4H,3H2,1H3,(H2,8,12)(H,10,13). The number of aromatic nitrogens is 2. The number of primary amides is 1. The molecule has 1 aromatic heterocycles. The van der Waals surface area contributed by atoms with Gasteiger partial charge in [-0.2, -0.15) is 0 Å². The minimum Gasteiger partial charge on any atom is -0.368 e. The van der Waals surface area contributed by atoms with Gasteiger partial charge in [0.05, 0.1) is 19.1 Å². The number of nitrogens with two attached hydrogens (primary N) is 1. The molecular weight excluding hydrogens is 172 g/mol. The molecule has 13 heavy (non-hydrogen) atoms. The fraction of sp³-hybridized carbons (Fsp3) is 0.286. The monoisotopic (exact) mass is 182 g/mol. The number of hydrogen-bond acceptors (Lipinski definition) is 3. The molecule has 0 spiro atoms. The van der Waals surface area contributed by atoms with Crippen molar-refractivity contribution in [1.29, 1.82) is 0 Å². The number of aryl methyl sites for hydroxylation is 1. The van der Waals surface area contributed by atoms with Crippen LogP contribution in [0.1, 0.15) is 10.5 Å². The number of nitrogens with zero attached hydrogens (tertiary/aromatic N) is 2. The summed E-state index contributed by atoms with van der Waals surface area (Å²) in [5.41, 5.74) is 5.25. The van der Waals surface area contributed by atoms with E-state index in [1.165, 1.54) is 12.5 Å². The maximum absolute atomic E-state index is 11.3. The predicted octanol–water partition coefficient (Wildman–Crippen LogP) is -1.36. The van der Waals surface area contributed by atoms with E-state index in [0.29, 0.717) is 5.69 Å². The van der Waals surface area contributed by atoms with E-state index >= 15 is 0 Å². The van der Waals surface area contributed by atoms with E-state index < -0.39 is 5.91 Å². The lowest BCUT2D eigenvalue weighted by atomic mass is 10.4. The molecule has 6 heteroatoms. The second-order valence-corrected chi connectivity index (χ2v) is 2.54. The topological polar surface area (TPSA) is 90.0 Å². The van der Waals surface area contributed by atoms with E-state index in [-0.39, 0.29) is 12.5 Å². The molecule has 1 heterocycles. The average Bonchev–Trinajstić information content (AvgIpc) is 2.47. The van der Waals surface area contributed by atoms with Crippen molar-refractivity contribution in [1.82, 2.24) is 14.9 Å². The van der Waals surface area contributed by atoms with Crippen LogP contribution in [0.15, 0.2) is 12.5 Å². The molecule has 0 atom stereocenters. The van der Waals surface area contributed by atoms with Crippen molar-refractivity contribution < 1.29 is 9.59 Å². The van der Waals surface area contributed by atoms with Gasteiger partial charge in [0.25, 0.3) is 5.91 Å². The second-order valence-electron chi connectivity index (χ2n) is 2.54. The maximum atomic E-state index is 11.3. The molecule has 3 N–H and O–H groups in total. The zero-order valence-corrected chi connectivity index (χ0v) is 7.15. The van der Waals surface area contributed by atoms with Crippen molar-refractivity contribution in [3.8, 4) is 0 Å². The van der Waals surface area contributed by atoms with Gasteiger partial charge in [-0.05, 0) is 0 Å². The first kappa shape index (κ1) is 9.24. The quantitative estimate of drug-likeness (QED) is 0.604. The van der Waals surface area contributed by atoms with Crippen molar-refractivity contribution >= 4 is 11.8 Å². The van der Waals surface area contributed by atoms with E-state index in [2.05, 4.69) is 10.3 Å². The molecule has 0 aliphatic heterocycles. The Hall–Kier alpha value is -1.85. The highest BCUT2D eigenvalue weighted by atomic mass is 16.2. The predicted molar refractivity (Wildman–Crippen MR) is 44.7 cm³/mol. The van der Waals surface area contributed by atoms with Crippen LogP contribution in [-0.2, 0) is 11.8 Å². The summed E-state index contributed by atoms with van der Waals surface area (Å²) in [5, 5.41) is 2.35. The molecular formula is C7H10N4O2. The molecule has 0 aliphatic carbocycles. The van der Waals surface area contributed by atoms with Crippen molar-refractivity contribution in [2.24, 2.45) is 12.8 Å². The van der Waals surface area contributed by atoms with Gasteiger partial charge < -0.3 is 15.6 Å². The Morgan fingerprint density at radius 1 is 1.69 bits per heavy atom. The van der Waals surface area contributed by atoms with Gasteiger partial charge in [-0.15, -0.1) is 0 Å². The van der Waals surface area contributed by atoms with E-state index in [1.807, 2.05) is 0 Å². The summed E-state index contributed by atoms with van der Waals surface area (Å²) in [6.45, 7) is -0.163. The van der Waals surface area contributed by atoms with Crippen LogP contribution in [-0.4, -0.2) is 27.9 Å². The average molecular weight is 182 g/mol. The van der Waals surface area contributed by atoms with Gasteiger partial charge >= 0.3 is 0 Å². The van der Waals surface area contributed by atoms with Gasteiger partial charge in [0.15, 0.2) is 0 Å². The molecule has 0 radical (unpaired) electrons. The third-order valence-electron chi connectivity index (χ3n) is 1.47. The molecule has 0 saturated carbocycles.